The number of Topliss-reactive ketones (excluding diaryl/α,β-unsaturated/α-hetero) is 1. The summed E-state index contributed by atoms with van der Waals surface area (Å²) in [6, 6.07) is 13.9. The zero-order valence-corrected chi connectivity index (χ0v) is 18.8. The van der Waals surface area contributed by atoms with E-state index in [-0.39, 0.29) is 18.1 Å². The summed E-state index contributed by atoms with van der Waals surface area (Å²) in [6.45, 7) is 0.267. The molecule has 170 valence electrons. The van der Waals surface area contributed by atoms with Crippen molar-refractivity contribution < 1.29 is 9.59 Å². The van der Waals surface area contributed by atoms with E-state index >= 15 is 0 Å². The molecule has 5 N–H and O–H groups in total. The van der Waals surface area contributed by atoms with Crippen LogP contribution in [0.4, 0.5) is 17.1 Å². The maximum atomic E-state index is 12.8. The van der Waals surface area contributed by atoms with E-state index in [0.29, 0.717) is 5.57 Å². The summed E-state index contributed by atoms with van der Waals surface area (Å²) < 4.78 is 0. The number of aliphatic imine (C=N–C) groups is 1. The average Bonchev–Trinajstić information content (AvgIpc) is 3.26. The van der Waals surface area contributed by atoms with Crippen molar-refractivity contribution in [2.24, 2.45) is 16.5 Å². The predicted molar refractivity (Wildman–Crippen MR) is 132 cm³/mol. The summed E-state index contributed by atoms with van der Waals surface area (Å²) in [5, 5.41) is 3.00. The standard InChI is InChI=1S/C25H28N6O2/c1-30(2)20-10-7-19(8-11-20)29-25(27)28-13-18-14-31(15-22(23(18)32)24(26)33)21-9-6-16-4-3-5-17(16)12-21/h6-13,15H,3-5,14H2,1-2H3,(H2,26,33)(H3,27,28,29)/b18-13+. The molecule has 1 aliphatic heterocycles. The molecular formula is C25H28N6O2. The van der Waals surface area contributed by atoms with Crippen molar-refractivity contribution in [2.75, 3.05) is 35.8 Å². The van der Waals surface area contributed by atoms with E-state index in [9.17, 15) is 9.59 Å². The van der Waals surface area contributed by atoms with Crippen LogP contribution in [0.5, 0.6) is 0 Å². The molecule has 1 heterocycles. The zero-order chi connectivity index (χ0) is 23.5. The Labute approximate surface area is 193 Å². The number of guanidine groups is 1. The van der Waals surface area contributed by atoms with Gasteiger partial charge in [-0.3, -0.25) is 9.59 Å². The summed E-state index contributed by atoms with van der Waals surface area (Å²) >= 11 is 0. The molecule has 0 saturated heterocycles. The van der Waals surface area contributed by atoms with Crippen LogP contribution in [0.1, 0.15) is 17.5 Å². The number of nitrogens with one attached hydrogen (secondary N) is 1. The van der Waals surface area contributed by atoms with E-state index < -0.39 is 11.7 Å². The maximum absolute atomic E-state index is 12.8. The van der Waals surface area contributed by atoms with Gasteiger partial charge in [0.1, 0.15) is 5.57 Å². The fourth-order valence-corrected chi connectivity index (χ4v) is 4.04. The van der Waals surface area contributed by atoms with Gasteiger partial charge in [-0.05, 0) is 66.8 Å². The van der Waals surface area contributed by atoms with Crippen LogP contribution >= 0.6 is 0 Å². The zero-order valence-electron chi connectivity index (χ0n) is 18.8. The number of aryl methyl sites for hydroxylation is 2. The molecule has 0 unspecified atom stereocenters. The van der Waals surface area contributed by atoms with Crippen LogP contribution < -0.4 is 26.6 Å². The van der Waals surface area contributed by atoms with Gasteiger partial charge in [0.15, 0.2) is 11.7 Å². The summed E-state index contributed by atoms with van der Waals surface area (Å²) in [6.07, 6.45) is 6.18. The molecule has 2 aromatic carbocycles. The Hall–Kier alpha value is -4.07. The normalized spacial score (nSPS) is 17.1. The van der Waals surface area contributed by atoms with Crippen LogP contribution in [-0.2, 0) is 22.4 Å². The quantitative estimate of drug-likeness (QED) is 0.282. The van der Waals surface area contributed by atoms with Gasteiger partial charge < -0.3 is 26.6 Å². The number of benzene rings is 2. The lowest BCUT2D eigenvalue weighted by Gasteiger charge is -2.27. The van der Waals surface area contributed by atoms with E-state index in [1.807, 2.05) is 54.2 Å². The van der Waals surface area contributed by atoms with Gasteiger partial charge in [-0.25, -0.2) is 4.99 Å². The topological polar surface area (TPSA) is 117 Å². The Bertz CT molecular complexity index is 1180. The number of hydrogen-bond donors (Lipinski definition) is 3. The fraction of sp³-hybridized carbons (Fsp3) is 0.240. The number of nitrogens with zero attached hydrogens (tertiary/aromatic N) is 3. The second-order valence-corrected chi connectivity index (χ2v) is 8.41. The molecule has 0 spiro atoms. The molecule has 0 fully saturated rings. The van der Waals surface area contributed by atoms with E-state index in [0.717, 1.165) is 36.3 Å². The summed E-state index contributed by atoms with van der Waals surface area (Å²) in [5.74, 6) is -1.08. The van der Waals surface area contributed by atoms with Gasteiger partial charge >= 0.3 is 0 Å². The first-order chi connectivity index (χ1) is 15.8. The van der Waals surface area contributed by atoms with Crippen molar-refractivity contribution in [1.29, 1.82) is 0 Å². The van der Waals surface area contributed by atoms with Crippen LogP contribution in [0.25, 0.3) is 0 Å². The number of primary amides is 1. The number of rotatable bonds is 5. The second kappa shape index (κ2) is 9.20. The molecule has 0 aromatic heterocycles. The highest BCUT2D eigenvalue weighted by atomic mass is 16.2. The molecule has 0 radical (unpaired) electrons. The van der Waals surface area contributed by atoms with Crippen molar-refractivity contribution in [1.82, 2.24) is 0 Å². The SMILES string of the molecule is CN(C)c1ccc(NC(N)=N/C=C2\CN(c3ccc4c(c3)CCC4)C=C(C(N)=O)C2=O)cc1. The first-order valence-corrected chi connectivity index (χ1v) is 10.8. The van der Waals surface area contributed by atoms with Crippen molar-refractivity contribution in [3.63, 3.8) is 0 Å². The van der Waals surface area contributed by atoms with E-state index in [1.54, 1.807) is 0 Å². The van der Waals surface area contributed by atoms with Crippen molar-refractivity contribution in [3.05, 3.63) is 77.1 Å². The molecule has 8 heteroatoms. The highest BCUT2D eigenvalue weighted by Gasteiger charge is 2.28. The van der Waals surface area contributed by atoms with E-state index in [1.165, 1.54) is 23.5 Å². The van der Waals surface area contributed by atoms with Gasteiger partial charge in [-0.2, -0.15) is 0 Å². The molecule has 0 saturated carbocycles. The first kappa shape index (κ1) is 22.1. The smallest absolute Gasteiger partial charge is 0.254 e. The number of anilines is 3. The lowest BCUT2D eigenvalue weighted by atomic mass is 9.99. The van der Waals surface area contributed by atoms with Crippen LogP contribution in [-0.4, -0.2) is 38.3 Å². The molecule has 1 aliphatic carbocycles. The summed E-state index contributed by atoms with van der Waals surface area (Å²) in [4.78, 5) is 32.8. The number of carbonyl (C=O) groups is 2. The second-order valence-electron chi connectivity index (χ2n) is 8.41. The molecule has 4 rings (SSSR count). The van der Waals surface area contributed by atoms with Gasteiger partial charge in [-0.15, -0.1) is 0 Å². The maximum Gasteiger partial charge on any atom is 0.254 e. The van der Waals surface area contributed by atoms with Crippen LogP contribution in [0.2, 0.25) is 0 Å². The van der Waals surface area contributed by atoms with Crippen LogP contribution in [0.3, 0.4) is 0 Å². The molecule has 1 amide bonds. The van der Waals surface area contributed by atoms with Crippen molar-refractivity contribution in [3.8, 4) is 0 Å². The van der Waals surface area contributed by atoms with Crippen molar-refractivity contribution >= 4 is 34.7 Å². The Morgan fingerprint density at radius 3 is 2.52 bits per heavy atom. The number of hydrogen-bond acceptors (Lipinski definition) is 5. The van der Waals surface area contributed by atoms with Gasteiger partial charge in [0.05, 0.1) is 6.54 Å². The van der Waals surface area contributed by atoms with Crippen LogP contribution in [0, 0.1) is 0 Å². The molecule has 0 atom stereocenters. The van der Waals surface area contributed by atoms with E-state index in [4.69, 9.17) is 11.5 Å². The summed E-state index contributed by atoms with van der Waals surface area (Å²) in [5.41, 5.74) is 17.2. The lowest BCUT2D eigenvalue weighted by Crippen LogP contribution is -2.35. The Morgan fingerprint density at radius 1 is 1.09 bits per heavy atom. The van der Waals surface area contributed by atoms with Crippen LogP contribution in [0.15, 0.2) is 71.0 Å². The first-order valence-electron chi connectivity index (χ1n) is 10.8. The van der Waals surface area contributed by atoms with E-state index in [2.05, 4.69) is 22.4 Å². The fourth-order valence-electron chi connectivity index (χ4n) is 4.04. The number of carbonyl (C=O) groups excluding carboxylic acids is 2. The average molecular weight is 445 g/mol. The van der Waals surface area contributed by atoms with Gasteiger partial charge in [0, 0.05) is 49.1 Å². The van der Waals surface area contributed by atoms with Gasteiger partial charge in [0.25, 0.3) is 5.91 Å². The number of nitrogens with two attached hydrogens (primary N) is 2. The Morgan fingerprint density at radius 2 is 1.82 bits per heavy atom. The predicted octanol–water partition coefficient (Wildman–Crippen LogP) is 2.31. The monoisotopic (exact) mass is 444 g/mol. The highest BCUT2D eigenvalue weighted by molar-refractivity contribution is 6.26. The minimum atomic E-state index is -0.771. The molecule has 2 aromatic rings. The molecule has 2 aliphatic rings. The minimum absolute atomic E-state index is 0.0750. The van der Waals surface area contributed by atoms with Crippen molar-refractivity contribution in [2.45, 2.75) is 19.3 Å². The molecular weight excluding hydrogens is 416 g/mol. The molecule has 8 nitrogen and oxygen atoms in total. The number of fused-ring (bicyclic) bond motifs is 1. The van der Waals surface area contributed by atoms with Gasteiger partial charge in [-0.1, -0.05) is 6.07 Å². The highest BCUT2D eigenvalue weighted by Crippen LogP contribution is 2.29. The Balaban J connectivity index is 1.56. The third-order valence-corrected chi connectivity index (χ3v) is 5.86. The molecule has 0 bridgehead atoms. The number of ketones is 1. The van der Waals surface area contributed by atoms with Gasteiger partial charge in [0.2, 0.25) is 0 Å². The third-order valence-electron chi connectivity index (χ3n) is 5.86. The largest absolute Gasteiger partial charge is 0.378 e. The number of amides is 1. The molecule has 33 heavy (non-hydrogen) atoms. The lowest BCUT2D eigenvalue weighted by molar-refractivity contribution is -0.119. The third kappa shape index (κ3) is 4.90. The Kier molecular flexibility index (Phi) is 6.17. The summed E-state index contributed by atoms with van der Waals surface area (Å²) in [7, 11) is 3.93. The minimum Gasteiger partial charge on any atom is -0.378 e.